The summed E-state index contributed by atoms with van der Waals surface area (Å²) in [6.45, 7) is 1.23. The van der Waals surface area contributed by atoms with Crippen molar-refractivity contribution in [3.05, 3.63) is 16.3 Å². The standard InChI is InChI=1S/C7H9N3O3S/c11-5-1-2-9(4-5)7-8-3-6(14-7)10(12)13/h3,5,11H,1-2,4H2/t5-/m1/s1. The molecule has 0 radical (unpaired) electrons. The van der Waals surface area contributed by atoms with E-state index in [1.807, 2.05) is 4.90 Å². The van der Waals surface area contributed by atoms with Gasteiger partial charge in [0.25, 0.3) is 0 Å². The van der Waals surface area contributed by atoms with Gasteiger partial charge in [0.2, 0.25) is 0 Å². The van der Waals surface area contributed by atoms with Gasteiger partial charge in [0.15, 0.2) is 5.13 Å². The highest BCUT2D eigenvalue weighted by Gasteiger charge is 2.24. The van der Waals surface area contributed by atoms with Crippen molar-refractivity contribution < 1.29 is 10.0 Å². The van der Waals surface area contributed by atoms with Crippen molar-refractivity contribution in [3.8, 4) is 0 Å². The summed E-state index contributed by atoms with van der Waals surface area (Å²) in [4.78, 5) is 15.8. The van der Waals surface area contributed by atoms with Crippen molar-refractivity contribution in [2.24, 2.45) is 0 Å². The van der Waals surface area contributed by atoms with Crippen molar-refractivity contribution in [3.63, 3.8) is 0 Å². The number of aliphatic hydroxyl groups excluding tert-OH is 1. The number of rotatable bonds is 2. The van der Waals surface area contributed by atoms with Crippen LogP contribution < -0.4 is 4.90 Å². The molecule has 1 aromatic rings. The van der Waals surface area contributed by atoms with Gasteiger partial charge in [0.05, 0.1) is 11.0 Å². The molecule has 0 aromatic carbocycles. The van der Waals surface area contributed by atoms with E-state index in [1.165, 1.54) is 6.20 Å². The molecule has 0 amide bonds. The molecule has 1 aliphatic rings. The SMILES string of the molecule is O=[N+]([O-])c1cnc(N2CC[C@@H](O)C2)s1. The highest BCUT2D eigenvalue weighted by molar-refractivity contribution is 7.18. The minimum Gasteiger partial charge on any atom is -0.391 e. The molecule has 14 heavy (non-hydrogen) atoms. The maximum atomic E-state index is 10.4. The van der Waals surface area contributed by atoms with Gasteiger partial charge in [-0.05, 0) is 17.8 Å². The number of aliphatic hydroxyl groups is 1. The topological polar surface area (TPSA) is 79.5 Å². The zero-order valence-electron chi connectivity index (χ0n) is 7.29. The molecule has 0 unspecified atom stereocenters. The molecule has 1 N–H and O–H groups in total. The Bertz CT molecular complexity index is 354. The van der Waals surface area contributed by atoms with Crippen LogP contribution in [0.3, 0.4) is 0 Å². The Labute approximate surface area is 84.0 Å². The van der Waals surface area contributed by atoms with Crippen LogP contribution in [0.1, 0.15) is 6.42 Å². The lowest BCUT2D eigenvalue weighted by atomic mass is 10.3. The second kappa shape index (κ2) is 3.50. The quantitative estimate of drug-likeness (QED) is 0.578. The van der Waals surface area contributed by atoms with Crippen LogP contribution in [0, 0.1) is 10.1 Å². The van der Waals surface area contributed by atoms with E-state index in [0.29, 0.717) is 24.6 Å². The van der Waals surface area contributed by atoms with Crippen molar-refractivity contribution >= 4 is 21.5 Å². The number of nitro groups is 1. The van der Waals surface area contributed by atoms with Crippen LogP contribution in [0.4, 0.5) is 10.1 Å². The molecular weight excluding hydrogens is 206 g/mol. The fourth-order valence-corrected chi connectivity index (χ4v) is 2.17. The number of β-amino-alcohol motifs (C(OH)–C–C–N with tert-alkyl or cyclic N) is 1. The summed E-state index contributed by atoms with van der Waals surface area (Å²) in [7, 11) is 0. The molecule has 2 rings (SSSR count). The number of aromatic nitrogens is 1. The molecule has 1 atom stereocenters. The van der Waals surface area contributed by atoms with Crippen molar-refractivity contribution in [2.75, 3.05) is 18.0 Å². The predicted octanol–water partition coefficient (Wildman–Crippen LogP) is 0.622. The minimum atomic E-state index is -0.451. The third-order valence-electron chi connectivity index (χ3n) is 2.10. The van der Waals surface area contributed by atoms with Gasteiger partial charge in [-0.2, -0.15) is 0 Å². The predicted molar refractivity (Wildman–Crippen MR) is 51.6 cm³/mol. The summed E-state index contributed by atoms with van der Waals surface area (Å²) in [6.07, 6.45) is 1.62. The summed E-state index contributed by atoms with van der Waals surface area (Å²) in [5.74, 6) is 0. The van der Waals surface area contributed by atoms with Gasteiger partial charge in [-0.3, -0.25) is 10.1 Å². The molecule has 6 nitrogen and oxygen atoms in total. The van der Waals surface area contributed by atoms with Gasteiger partial charge in [0, 0.05) is 13.1 Å². The molecule has 0 bridgehead atoms. The zero-order chi connectivity index (χ0) is 10.1. The molecule has 1 aliphatic heterocycles. The first kappa shape index (κ1) is 9.35. The number of anilines is 1. The van der Waals surface area contributed by atoms with E-state index in [-0.39, 0.29) is 11.1 Å². The van der Waals surface area contributed by atoms with Gasteiger partial charge in [-0.15, -0.1) is 0 Å². The lowest BCUT2D eigenvalue weighted by Gasteiger charge is -2.11. The highest BCUT2D eigenvalue weighted by Crippen LogP contribution is 2.30. The first-order valence-corrected chi connectivity index (χ1v) is 5.01. The first-order valence-electron chi connectivity index (χ1n) is 4.20. The molecule has 0 saturated carbocycles. The van der Waals surface area contributed by atoms with Crippen LogP contribution in [-0.2, 0) is 0 Å². The van der Waals surface area contributed by atoms with Crippen LogP contribution in [-0.4, -0.2) is 34.2 Å². The molecule has 7 heteroatoms. The summed E-state index contributed by atoms with van der Waals surface area (Å²) in [5, 5.41) is 20.3. The maximum absolute atomic E-state index is 10.4. The van der Waals surface area contributed by atoms with Crippen molar-refractivity contribution in [1.29, 1.82) is 0 Å². The highest BCUT2D eigenvalue weighted by atomic mass is 32.1. The van der Waals surface area contributed by atoms with Gasteiger partial charge >= 0.3 is 5.00 Å². The fourth-order valence-electron chi connectivity index (χ4n) is 1.40. The number of thiazole rings is 1. The summed E-state index contributed by atoms with van der Waals surface area (Å²) < 4.78 is 0. The normalized spacial score (nSPS) is 21.5. The van der Waals surface area contributed by atoms with Crippen LogP contribution in [0.25, 0.3) is 0 Å². The average Bonchev–Trinajstić information content (AvgIpc) is 2.70. The largest absolute Gasteiger partial charge is 0.391 e. The van der Waals surface area contributed by atoms with Crippen molar-refractivity contribution in [2.45, 2.75) is 12.5 Å². The Kier molecular flexibility index (Phi) is 2.34. The van der Waals surface area contributed by atoms with Crippen molar-refractivity contribution in [1.82, 2.24) is 4.98 Å². The molecule has 2 heterocycles. The Balaban J connectivity index is 2.13. The monoisotopic (exact) mass is 215 g/mol. The molecule has 0 spiro atoms. The molecule has 76 valence electrons. The van der Waals surface area contributed by atoms with Crippen LogP contribution in [0.5, 0.6) is 0 Å². The lowest BCUT2D eigenvalue weighted by Crippen LogP contribution is -2.20. The Morgan fingerprint density at radius 1 is 1.79 bits per heavy atom. The second-order valence-electron chi connectivity index (χ2n) is 3.13. The van der Waals surface area contributed by atoms with E-state index < -0.39 is 4.92 Å². The lowest BCUT2D eigenvalue weighted by molar-refractivity contribution is -0.380. The number of nitrogens with zero attached hydrogens (tertiary/aromatic N) is 3. The minimum absolute atomic E-state index is 0.0430. The van der Waals surface area contributed by atoms with Gasteiger partial charge in [-0.25, -0.2) is 4.98 Å². The van der Waals surface area contributed by atoms with Gasteiger partial charge < -0.3 is 10.0 Å². The van der Waals surface area contributed by atoms with E-state index in [9.17, 15) is 15.2 Å². The second-order valence-corrected chi connectivity index (χ2v) is 4.11. The smallest absolute Gasteiger partial charge is 0.345 e. The average molecular weight is 215 g/mol. The fraction of sp³-hybridized carbons (Fsp3) is 0.571. The van der Waals surface area contributed by atoms with E-state index in [1.54, 1.807) is 0 Å². The van der Waals surface area contributed by atoms with Crippen LogP contribution >= 0.6 is 11.3 Å². The zero-order valence-corrected chi connectivity index (χ0v) is 8.11. The molecular formula is C7H9N3O3S. The third kappa shape index (κ3) is 1.68. The van der Waals surface area contributed by atoms with E-state index in [4.69, 9.17) is 0 Å². The molecule has 1 aromatic heterocycles. The van der Waals surface area contributed by atoms with E-state index in [0.717, 1.165) is 11.3 Å². The van der Waals surface area contributed by atoms with Gasteiger partial charge in [-0.1, -0.05) is 0 Å². The molecule has 1 fully saturated rings. The van der Waals surface area contributed by atoms with Crippen LogP contribution in [0.15, 0.2) is 6.20 Å². The number of hydrogen-bond donors (Lipinski definition) is 1. The van der Waals surface area contributed by atoms with Gasteiger partial charge in [0.1, 0.15) is 6.20 Å². The summed E-state index contributed by atoms with van der Waals surface area (Å²) in [6, 6.07) is 0. The summed E-state index contributed by atoms with van der Waals surface area (Å²) >= 11 is 1.04. The third-order valence-corrected chi connectivity index (χ3v) is 3.10. The first-order chi connectivity index (χ1) is 6.66. The maximum Gasteiger partial charge on any atom is 0.345 e. The Morgan fingerprint density at radius 2 is 2.57 bits per heavy atom. The van der Waals surface area contributed by atoms with E-state index >= 15 is 0 Å². The van der Waals surface area contributed by atoms with Crippen LogP contribution in [0.2, 0.25) is 0 Å². The Hall–Kier alpha value is -1.21. The van der Waals surface area contributed by atoms with E-state index in [2.05, 4.69) is 4.98 Å². The summed E-state index contributed by atoms with van der Waals surface area (Å²) in [5.41, 5.74) is 0. The molecule has 0 aliphatic carbocycles. The number of hydrogen-bond acceptors (Lipinski definition) is 6. The molecule has 1 saturated heterocycles. The Morgan fingerprint density at radius 3 is 3.07 bits per heavy atom.